The van der Waals surface area contributed by atoms with Crippen LogP contribution in [0.1, 0.15) is 11.1 Å². The Hall–Kier alpha value is -1.47. The molecule has 1 fully saturated rings. The van der Waals surface area contributed by atoms with Gasteiger partial charge in [0.2, 0.25) is 0 Å². The molecule has 1 aliphatic rings. The zero-order valence-electron chi connectivity index (χ0n) is 14.9. The van der Waals surface area contributed by atoms with Gasteiger partial charge in [-0.1, -0.05) is 34.1 Å². The number of aromatic nitrogens is 1. The molecular formula is C21H21Br2N3O. The molecule has 1 aliphatic heterocycles. The Balaban J connectivity index is 1.42. The van der Waals surface area contributed by atoms with Gasteiger partial charge in [-0.05, 0) is 51.3 Å². The van der Waals surface area contributed by atoms with Crippen molar-refractivity contribution < 1.29 is 5.11 Å². The van der Waals surface area contributed by atoms with E-state index in [0.29, 0.717) is 9.99 Å². The Labute approximate surface area is 176 Å². The summed E-state index contributed by atoms with van der Waals surface area (Å²) in [5.41, 5.74) is 3.21. The van der Waals surface area contributed by atoms with Gasteiger partial charge in [0.05, 0.1) is 4.47 Å². The van der Waals surface area contributed by atoms with E-state index >= 15 is 0 Å². The molecule has 0 bridgehead atoms. The van der Waals surface area contributed by atoms with Gasteiger partial charge in [0, 0.05) is 55.3 Å². The lowest BCUT2D eigenvalue weighted by molar-refractivity contribution is 0.122. The number of nitrogens with zero attached hydrogens (tertiary/aromatic N) is 3. The second-order valence-electron chi connectivity index (χ2n) is 6.94. The van der Waals surface area contributed by atoms with Crippen LogP contribution in [0.3, 0.4) is 0 Å². The molecule has 2 heterocycles. The number of halogens is 2. The van der Waals surface area contributed by atoms with E-state index in [9.17, 15) is 5.11 Å². The lowest BCUT2D eigenvalue weighted by atomic mass is 10.1. The molecule has 0 amide bonds. The van der Waals surface area contributed by atoms with Crippen LogP contribution in [0.15, 0.2) is 57.6 Å². The first-order valence-corrected chi connectivity index (χ1v) is 10.6. The van der Waals surface area contributed by atoms with Crippen molar-refractivity contribution in [3.05, 3.63) is 68.7 Å². The van der Waals surface area contributed by atoms with Crippen LogP contribution in [0.25, 0.3) is 10.9 Å². The molecule has 0 aliphatic carbocycles. The summed E-state index contributed by atoms with van der Waals surface area (Å²) >= 11 is 6.96. The molecular weight excluding hydrogens is 470 g/mol. The van der Waals surface area contributed by atoms with Crippen molar-refractivity contribution >= 4 is 42.8 Å². The van der Waals surface area contributed by atoms with E-state index < -0.39 is 0 Å². The Morgan fingerprint density at radius 1 is 0.926 bits per heavy atom. The van der Waals surface area contributed by atoms with Crippen LogP contribution in [-0.2, 0) is 13.1 Å². The van der Waals surface area contributed by atoms with Gasteiger partial charge in [-0.15, -0.1) is 0 Å². The van der Waals surface area contributed by atoms with Gasteiger partial charge >= 0.3 is 0 Å². The SMILES string of the molecule is Oc1c(Br)cc(CN2CCN(Cc3ccc(Br)cc3)CC2)c2cccnc12. The zero-order valence-corrected chi connectivity index (χ0v) is 18.1. The molecule has 2 aromatic carbocycles. The number of rotatable bonds is 4. The molecule has 1 saturated heterocycles. The Morgan fingerprint density at radius 3 is 2.30 bits per heavy atom. The summed E-state index contributed by atoms with van der Waals surface area (Å²) in [4.78, 5) is 9.33. The van der Waals surface area contributed by atoms with Gasteiger partial charge in [0.1, 0.15) is 5.52 Å². The molecule has 0 spiro atoms. The van der Waals surface area contributed by atoms with Crippen molar-refractivity contribution in [1.82, 2.24) is 14.8 Å². The molecule has 0 radical (unpaired) electrons. The fraction of sp³-hybridized carbons (Fsp3) is 0.286. The van der Waals surface area contributed by atoms with Gasteiger partial charge in [0.25, 0.3) is 0 Å². The van der Waals surface area contributed by atoms with Crippen LogP contribution in [0.5, 0.6) is 5.75 Å². The summed E-state index contributed by atoms with van der Waals surface area (Å²) in [6, 6.07) is 14.6. The number of benzene rings is 2. The first-order valence-electron chi connectivity index (χ1n) is 9.04. The standard InChI is InChI=1S/C21H21Br2N3O/c22-17-5-3-15(4-6-17)13-25-8-10-26(11-9-25)14-16-12-19(23)21(27)20-18(16)2-1-7-24-20/h1-7,12,27H,8-11,13-14H2. The van der Waals surface area contributed by atoms with Crippen molar-refractivity contribution in [3.8, 4) is 5.75 Å². The summed E-state index contributed by atoms with van der Waals surface area (Å²) < 4.78 is 1.83. The van der Waals surface area contributed by atoms with Crippen LogP contribution in [0.2, 0.25) is 0 Å². The molecule has 27 heavy (non-hydrogen) atoms. The third-order valence-electron chi connectivity index (χ3n) is 5.08. The van der Waals surface area contributed by atoms with Crippen LogP contribution in [-0.4, -0.2) is 46.1 Å². The molecule has 1 aromatic heterocycles. The van der Waals surface area contributed by atoms with Crippen LogP contribution in [0.4, 0.5) is 0 Å². The normalized spacial score (nSPS) is 16.1. The van der Waals surface area contributed by atoms with Crippen molar-refractivity contribution in [2.75, 3.05) is 26.2 Å². The van der Waals surface area contributed by atoms with E-state index in [-0.39, 0.29) is 5.75 Å². The predicted octanol–water partition coefficient (Wildman–Crippen LogP) is 4.78. The zero-order chi connectivity index (χ0) is 18.8. The highest BCUT2D eigenvalue weighted by molar-refractivity contribution is 9.10. The maximum Gasteiger partial charge on any atom is 0.156 e. The minimum absolute atomic E-state index is 0.216. The minimum Gasteiger partial charge on any atom is -0.505 e. The smallest absolute Gasteiger partial charge is 0.156 e. The summed E-state index contributed by atoms with van der Waals surface area (Å²) in [5, 5.41) is 11.3. The number of pyridine rings is 1. The van der Waals surface area contributed by atoms with Crippen LogP contribution >= 0.6 is 31.9 Å². The summed E-state index contributed by atoms with van der Waals surface area (Å²) in [7, 11) is 0. The molecule has 0 atom stereocenters. The van der Waals surface area contributed by atoms with E-state index in [1.54, 1.807) is 6.20 Å². The van der Waals surface area contributed by atoms with E-state index in [1.807, 2.05) is 18.2 Å². The van der Waals surface area contributed by atoms with E-state index in [0.717, 1.165) is 49.1 Å². The quantitative estimate of drug-likeness (QED) is 0.571. The van der Waals surface area contributed by atoms with Crippen molar-refractivity contribution in [2.24, 2.45) is 0 Å². The summed E-state index contributed by atoms with van der Waals surface area (Å²) in [6.45, 7) is 6.07. The number of hydrogen-bond acceptors (Lipinski definition) is 4. The number of phenolic OH excluding ortho intramolecular Hbond substituents is 1. The predicted molar refractivity (Wildman–Crippen MR) is 116 cm³/mol. The fourth-order valence-corrected chi connectivity index (χ4v) is 4.32. The maximum atomic E-state index is 10.2. The highest BCUT2D eigenvalue weighted by atomic mass is 79.9. The van der Waals surface area contributed by atoms with Crippen LogP contribution < -0.4 is 0 Å². The Bertz CT molecular complexity index is 938. The number of hydrogen-bond donors (Lipinski definition) is 1. The van der Waals surface area contributed by atoms with Crippen LogP contribution in [0, 0.1) is 0 Å². The Kier molecular flexibility index (Phi) is 5.78. The number of fused-ring (bicyclic) bond motifs is 1. The van der Waals surface area contributed by atoms with Gasteiger partial charge in [-0.25, -0.2) is 0 Å². The molecule has 1 N–H and O–H groups in total. The van der Waals surface area contributed by atoms with Gasteiger partial charge in [-0.2, -0.15) is 0 Å². The van der Waals surface area contributed by atoms with E-state index in [1.165, 1.54) is 11.1 Å². The first-order chi connectivity index (χ1) is 13.1. The highest BCUT2D eigenvalue weighted by Crippen LogP contribution is 2.34. The summed E-state index contributed by atoms with van der Waals surface area (Å²) in [6.07, 6.45) is 1.72. The average Bonchev–Trinajstić information content (AvgIpc) is 2.69. The largest absolute Gasteiger partial charge is 0.505 e. The number of piperazine rings is 1. The lowest BCUT2D eigenvalue weighted by Gasteiger charge is -2.35. The minimum atomic E-state index is 0.216. The second kappa shape index (κ2) is 8.27. The van der Waals surface area contributed by atoms with Gasteiger partial charge in [-0.3, -0.25) is 14.8 Å². The number of aromatic hydroxyl groups is 1. The van der Waals surface area contributed by atoms with Crippen molar-refractivity contribution in [2.45, 2.75) is 13.1 Å². The average molecular weight is 491 g/mol. The third-order valence-corrected chi connectivity index (χ3v) is 6.22. The summed E-state index contributed by atoms with van der Waals surface area (Å²) in [5.74, 6) is 0.216. The fourth-order valence-electron chi connectivity index (χ4n) is 3.59. The maximum absolute atomic E-state index is 10.2. The molecule has 6 heteroatoms. The van der Waals surface area contributed by atoms with E-state index in [4.69, 9.17) is 0 Å². The molecule has 140 valence electrons. The van der Waals surface area contributed by atoms with Crippen molar-refractivity contribution in [1.29, 1.82) is 0 Å². The molecule has 4 rings (SSSR count). The first kappa shape index (κ1) is 18.9. The lowest BCUT2D eigenvalue weighted by Crippen LogP contribution is -2.45. The van der Waals surface area contributed by atoms with E-state index in [2.05, 4.69) is 70.9 Å². The molecule has 0 unspecified atom stereocenters. The molecule has 4 nitrogen and oxygen atoms in total. The molecule has 0 saturated carbocycles. The third kappa shape index (κ3) is 4.35. The molecule has 3 aromatic rings. The van der Waals surface area contributed by atoms with Gasteiger partial charge in [0.15, 0.2) is 5.75 Å². The monoisotopic (exact) mass is 489 g/mol. The second-order valence-corrected chi connectivity index (χ2v) is 8.71. The van der Waals surface area contributed by atoms with Gasteiger partial charge < -0.3 is 5.11 Å². The Morgan fingerprint density at radius 2 is 1.59 bits per heavy atom. The van der Waals surface area contributed by atoms with Crippen molar-refractivity contribution in [3.63, 3.8) is 0 Å². The number of phenols is 1. The highest BCUT2D eigenvalue weighted by Gasteiger charge is 2.19. The topological polar surface area (TPSA) is 39.6 Å².